The van der Waals surface area contributed by atoms with Gasteiger partial charge in [-0.2, -0.15) is 0 Å². The van der Waals surface area contributed by atoms with Gasteiger partial charge in [-0.15, -0.1) is 0 Å². The minimum atomic E-state index is -0.684. The van der Waals surface area contributed by atoms with Gasteiger partial charge in [-0.25, -0.2) is 0 Å². The standard InChI is InChI=1S/C44H28O/c1-3-13-29(14-4-1)30-25-27-32(28-26-30)41-34-17-7-9-19-36(34)42(37-20-10-8-18-35(37)41)38-22-12-24-40-44(38)43-33(21-11-23-39(43)45-40)31-15-5-2-6-16-31/h1-28H/i1D,3D,4D,11D,12D,13D,14D,21D,22D,23D,24D,25D,26D,27D,28D. The third-order valence-electron chi connectivity index (χ3n) is 8.00. The quantitative estimate of drug-likeness (QED) is 0.187. The molecule has 0 saturated heterocycles. The van der Waals surface area contributed by atoms with E-state index < -0.39 is 89.7 Å². The summed E-state index contributed by atoms with van der Waals surface area (Å²) in [6.07, 6.45) is 0. The fourth-order valence-electron chi connectivity index (χ4n) is 6.12. The molecule has 9 rings (SSSR count). The fourth-order valence-corrected chi connectivity index (χ4v) is 6.12. The Morgan fingerprint density at radius 3 is 1.47 bits per heavy atom. The van der Waals surface area contributed by atoms with Crippen LogP contribution in [0.2, 0.25) is 0 Å². The molecule has 0 radical (unpaired) electrons. The summed E-state index contributed by atoms with van der Waals surface area (Å²) in [5, 5.41) is 2.16. The van der Waals surface area contributed by atoms with Crippen molar-refractivity contribution in [2.75, 3.05) is 0 Å². The SMILES string of the molecule is [2H]c1c([2H])c([2H])c(-c2c([2H])c([2H])c(-c3c4ccccc4c(-c4c([2H])c([2H])c([2H])c5oc6c([2H])c([2H])c([2H])c(-c7ccccc7)c6c45)c4ccccc34)c([2H])c2[2H])c([2H])c1[2H]. The van der Waals surface area contributed by atoms with E-state index in [2.05, 4.69) is 0 Å². The van der Waals surface area contributed by atoms with E-state index in [-0.39, 0.29) is 56.3 Å². The van der Waals surface area contributed by atoms with Gasteiger partial charge in [0.2, 0.25) is 0 Å². The molecule has 1 aromatic heterocycles. The highest BCUT2D eigenvalue weighted by molar-refractivity contribution is 6.26. The van der Waals surface area contributed by atoms with E-state index in [1.165, 1.54) is 0 Å². The van der Waals surface area contributed by atoms with Crippen molar-refractivity contribution in [1.29, 1.82) is 0 Å². The minimum Gasteiger partial charge on any atom is -0.456 e. The number of hydrogen-bond acceptors (Lipinski definition) is 1. The molecule has 45 heavy (non-hydrogen) atoms. The second kappa shape index (κ2) is 10.4. The van der Waals surface area contributed by atoms with Gasteiger partial charge in [-0.05, 0) is 78.1 Å². The first kappa shape index (κ1) is 14.7. The van der Waals surface area contributed by atoms with Gasteiger partial charge in [0.1, 0.15) is 11.2 Å². The van der Waals surface area contributed by atoms with Crippen LogP contribution < -0.4 is 0 Å². The molecule has 0 aliphatic rings. The van der Waals surface area contributed by atoms with E-state index in [9.17, 15) is 4.11 Å². The van der Waals surface area contributed by atoms with Crippen LogP contribution in [0.3, 0.4) is 0 Å². The monoisotopic (exact) mass is 587 g/mol. The number of furan rings is 1. The molecule has 0 unspecified atom stereocenters. The Morgan fingerprint density at radius 1 is 0.356 bits per heavy atom. The van der Waals surface area contributed by atoms with E-state index in [4.69, 9.17) is 20.9 Å². The highest BCUT2D eigenvalue weighted by atomic mass is 16.3. The molecule has 0 fully saturated rings. The van der Waals surface area contributed by atoms with Crippen molar-refractivity contribution >= 4 is 43.5 Å². The fraction of sp³-hybridized carbons (Fsp3) is 0. The average Bonchev–Trinajstić information content (AvgIpc) is 3.65. The largest absolute Gasteiger partial charge is 0.456 e. The van der Waals surface area contributed by atoms with E-state index in [1.807, 2.05) is 0 Å². The molecule has 210 valence electrons. The Balaban J connectivity index is 1.46. The molecule has 0 bridgehead atoms. The van der Waals surface area contributed by atoms with Gasteiger partial charge in [-0.1, -0.05) is 157 Å². The lowest BCUT2D eigenvalue weighted by molar-refractivity contribution is 0.669. The molecule has 0 amide bonds. The van der Waals surface area contributed by atoms with Crippen LogP contribution in [0.5, 0.6) is 0 Å². The van der Waals surface area contributed by atoms with E-state index >= 15 is 0 Å². The lowest BCUT2D eigenvalue weighted by Gasteiger charge is -2.18. The van der Waals surface area contributed by atoms with Crippen LogP contribution in [0.1, 0.15) is 20.6 Å². The van der Waals surface area contributed by atoms with Gasteiger partial charge in [-0.3, -0.25) is 0 Å². The zero-order valence-corrected chi connectivity index (χ0v) is 23.4. The molecule has 0 N–H and O–H groups in total. The van der Waals surface area contributed by atoms with Crippen molar-refractivity contribution in [3.05, 3.63) is 169 Å². The summed E-state index contributed by atoms with van der Waals surface area (Å²) >= 11 is 0. The maximum Gasteiger partial charge on any atom is 0.136 e. The highest BCUT2D eigenvalue weighted by Crippen LogP contribution is 2.48. The molecule has 0 aliphatic heterocycles. The van der Waals surface area contributed by atoms with Crippen LogP contribution in [-0.4, -0.2) is 0 Å². The van der Waals surface area contributed by atoms with Crippen molar-refractivity contribution < 1.29 is 25.0 Å². The Labute approximate surface area is 282 Å². The first-order chi connectivity index (χ1) is 28.6. The Bertz CT molecular complexity index is 3260. The third-order valence-corrected chi connectivity index (χ3v) is 8.00. The molecule has 0 atom stereocenters. The molecule has 9 aromatic rings. The van der Waals surface area contributed by atoms with Crippen LogP contribution in [0.15, 0.2) is 174 Å². The predicted octanol–water partition coefficient (Wildman–Crippen LogP) is 12.6. The van der Waals surface area contributed by atoms with E-state index in [1.54, 1.807) is 78.9 Å². The van der Waals surface area contributed by atoms with Crippen LogP contribution in [0.4, 0.5) is 0 Å². The molecule has 1 nitrogen and oxygen atoms in total. The number of hydrogen-bond donors (Lipinski definition) is 0. The Kier molecular flexibility index (Phi) is 3.39. The maximum absolute atomic E-state index is 9.51. The van der Waals surface area contributed by atoms with Crippen LogP contribution in [0, 0.1) is 0 Å². The van der Waals surface area contributed by atoms with Crippen molar-refractivity contribution in [1.82, 2.24) is 0 Å². The first-order valence-corrected chi connectivity index (χ1v) is 14.2. The van der Waals surface area contributed by atoms with Gasteiger partial charge in [0.15, 0.2) is 0 Å². The zero-order chi connectivity index (χ0) is 42.8. The highest BCUT2D eigenvalue weighted by Gasteiger charge is 2.21. The van der Waals surface area contributed by atoms with Crippen LogP contribution in [0.25, 0.3) is 88.0 Å². The van der Waals surface area contributed by atoms with Crippen molar-refractivity contribution in [2.45, 2.75) is 0 Å². The molecule has 0 spiro atoms. The van der Waals surface area contributed by atoms with Gasteiger partial charge < -0.3 is 4.42 Å². The summed E-state index contributed by atoms with van der Waals surface area (Å²) in [7, 11) is 0. The summed E-state index contributed by atoms with van der Waals surface area (Å²) in [5.41, 5.74) is 0.367. The van der Waals surface area contributed by atoms with E-state index in [0.29, 0.717) is 32.7 Å². The topological polar surface area (TPSA) is 13.1 Å². The molecule has 0 aliphatic carbocycles. The zero-order valence-electron chi connectivity index (χ0n) is 38.4. The summed E-state index contributed by atoms with van der Waals surface area (Å²) < 4.78 is 139. The van der Waals surface area contributed by atoms with Crippen molar-refractivity contribution in [3.63, 3.8) is 0 Å². The lowest BCUT2D eigenvalue weighted by Crippen LogP contribution is -1.91. The second-order valence-corrected chi connectivity index (χ2v) is 10.5. The molecule has 1 heteroatoms. The van der Waals surface area contributed by atoms with Crippen LogP contribution >= 0.6 is 0 Å². The average molecular weight is 588 g/mol. The molecule has 0 saturated carbocycles. The minimum absolute atomic E-state index is 0.0855. The second-order valence-electron chi connectivity index (χ2n) is 10.5. The van der Waals surface area contributed by atoms with Gasteiger partial charge in [0.05, 0.1) is 20.6 Å². The molecular formula is C44H28O. The number of rotatable bonds is 4. The summed E-state index contributed by atoms with van der Waals surface area (Å²) in [5.74, 6) is 0. The maximum atomic E-state index is 9.51. The van der Waals surface area contributed by atoms with Gasteiger partial charge >= 0.3 is 0 Å². The predicted molar refractivity (Wildman–Crippen MR) is 190 cm³/mol. The van der Waals surface area contributed by atoms with Crippen molar-refractivity contribution in [3.8, 4) is 44.5 Å². The Morgan fingerprint density at radius 2 is 0.844 bits per heavy atom. The molecule has 8 aromatic carbocycles. The van der Waals surface area contributed by atoms with Gasteiger partial charge in [0.25, 0.3) is 0 Å². The number of fused-ring (bicyclic) bond motifs is 5. The lowest BCUT2D eigenvalue weighted by atomic mass is 9.84. The smallest absolute Gasteiger partial charge is 0.136 e. The Hall–Kier alpha value is -5.92. The molecular weight excluding hydrogens is 544 g/mol. The van der Waals surface area contributed by atoms with E-state index in [0.717, 1.165) is 0 Å². The summed E-state index contributed by atoms with van der Waals surface area (Å²) in [6, 6.07) is 14.7. The van der Waals surface area contributed by atoms with Crippen molar-refractivity contribution in [2.24, 2.45) is 0 Å². The summed E-state index contributed by atoms with van der Waals surface area (Å²) in [4.78, 5) is 0. The third kappa shape index (κ3) is 4.09. The normalized spacial score (nSPS) is 16.2. The van der Waals surface area contributed by atoms with Gasteiger partial charge in [0, 0.05) is 10.8 Å². The summed E-state index contributed by atoms with van der Waals surface area (Å²) in [6.45, 7) is 0. The number of benzene rings is 8. The van der Waals surface area contributed by atoms with Crippen LogP contribution in [-0.2, 0) is 0 Å². The first-order valence-electron chi connectivity index (χ1n) is 21.7. The molecule has 1 heterocycles.